The van der Waals surface area contributed by atoms with Crippen LogP contribution in [0.1, 0.15) is 67.1 Å². The van der Waals surface area contributed by atoms with Crippen LogP contribution >= 0.6 is 0 Å². The van der Waals surface area contributed by atoms with Crippen LogP contribution in [0.3, 0.4) is 0 Å². The van der Waals surface area contributed by atoms with Crippen molar-refractivity contribution in [3.8, 4) is 5.88 Å². The summed E-state index contributed by atoms with van der Waals surface area (Å²) in [7, 11) is 3.62. The Morgan fingerprint density at radius 3 is 2.83 bits per heavy atom. The zero-order valence-corrected chi connectivity index (χ0v) is 21.4. The molecule has 0 bridgehead atoms. The van der Waals surface area contributed by atoms with Gasteiger partial charge in [0, 0.05) is 41.7 Å². The van der Waals surface area contributed by atoms with Gasteiger partial charge in [0.25, 0.3) is 5.56 Å². The number of aromatic nitrogens is 3. The molecule has 0 aliphatic heterocycles. The fourth-order valence-corrected chi connectivity index (χ4v) is 5.29. The Bertz CT molecular complexity index is 1040. The average molecular weight is 484 g/mol. The highest BCUT2D eigenvalue weighted by Gasteiger charge is 2.28. The second kappa shape index (κ2) is 13.0. The molecule has 8 heteroatoms. The number of nitrogens with zero attached hydrogens (tertiary/aromatic N) is 4. The highest BCUT2D eigenvalue weighted by molar-refractivity contribution is 5.34. The Labute approximate surface area is 208 Å². The van der Waals surface area contributed by atoms with Gasteiger partial charge in [0.15, 0.2) is 0 Å². The van der Waals surface area contributed by atoms with Crippen LogP contribution in [0.4, 0.5) is 0 Å². The largest absolute Gasteiger partial charge is 0.481 e. The molecule has 3 atom stereocenters. The third-order valence-corrected chi connectivity index (χ3v) is 7.41. The van der Waals surface area contributed by atoms with Gasteiger partial charge in [-0.1, -0.05) is 18.9 Å². The predicted octanol–water partition coefficient (Wildman–Crippen LogP) is 3.15. The molecule has 3 unspecified atom stereocenters. The van der Waals surface area contributed by atoms with Crippen LogP contribution in [0, 0.1) is 12.8 Å². The summed E-state index contributed by atoms with van der Waals surface area (Å²) in [4.78, 5) is 23.3. The molecule has 1 fully saturated rings. The zero-order chi connectivity index (χ0) is 25.4. The van der Waals surface area contributed by atoms with Gasteiger partial charge in [-0.05, 0) is 70.5 Å². The Morgan fingerprint density at radius 2 is 2.11 bits per heavy atom. The number of allylic oxidation sites excluding steroid dienone is 1. The molecule has 192 valence electrons. The molecular formula is C27H41N5O3. The van der Waals surface area contributed by atoms with Crippen LogP contribution in [0.5, 0.6) is 5.88 Å². The summed E-state index contributed by atoms with van der Waals surface area (Å²) in [6.07, 6.45) is 12.3. The molecular weight excluding hydrogens is 442 g/mol. The molecule has 1 aliphatic carbocycles. The van der Waals surface area contributed by atoms with Crippen LogP contribution in [0.2, 0.25) is 0 Å². The van der Waals surface area contributed by atoms with E-state index in [0.29, 0.717) is 36.9 Å². The van der Waals surface area contributed by atoms with Gasteiger partial charge in [0.2, 0.25) is 5.88 Å². The molecule has 8 nitrogen and oxygen atoms in total. The van der Waals surface area contributed by atoms with E-state index in [2.05, 4.69) is 21.4 Å². The number of rotatable bonds is 11. The minimum atomic E-state index is -0.790. The first-order chi connectivity index (χ1) is 16.9. The minimum Gasteiger partial charge on any atom is -0.481 e. The Hall–Kier alpha value is -2.55. The summed E-state index contributed by atoms with van der Waals surface area (Å²) in [5, 5.41) is 11.4. The first-order valence-corrected chi connectivity index (χ1v) is 12.7. The number of methoxy groups -OCH3 is 1. The number of aryl methyl sites for hydroxylation is 1. The molecule has 2 heterocycles. The van der Waals surface area contributed by atoms with Gasteiger partial charge in [-0.2, -0.15) is 0 Å². The number of hydrogen-bond acceptors (Lipinski definition) is 7. The van der Waals surface area contributed by atoms with Crippen molar-refractivity contribution in [3.05, 3.63) is 64.0 Å². The second-order valence-electron chi connectivity index (χ2n) is 9.63. The summed E-state index contributed by atoms with van der Waals surface area (Å²) >= 11 is 0. The molecule has 0 amide bonds. The van der Waals surface area contributed by atoms with Crippen molar-refractivity contribution >= 4 is 0 Å². The van der Waals surface area contributed by atoms with E-state index >= 15 is 0 Å². The molecule has 3 rings (SSSR count). The highest BCUT2D eigenvalue weighted by Crippen LogP contribution is 2.32. The molecule has 0 aromatic carbocycles. The SMILES string of the molecule is C=CCn1cc(C(O)N(C)C2CCCC(CCc3cc(OC)ncn3)CC2)c(CCN)c(C)c1=O. The maximum atomic E-state index is 12.7. The van der Waals surface area contributed by atoms with Gasteiger partial charge >= 0.3 is 0 Å². The van der Waals surface area contributed by atoms with E-state index in [1.54, 1.807) is 30.3 Å². The highest BCUT2D eigenvalue weighted by atomic mass is 16.5. The van der Waals surface area contributed by atoms with Crippen molar-refractivity contribution < 1.29 is 9.84 Å². The maximum absolute atomic E-state index is 12.7. The van der Waals surface area contributed by atoms with E-state index < -0.39 is 6.23 Å². The van der Waals surface area contributed by atoms with Gasteiger partial charge in [0.05, 0.1) is 7.11 Å². The predicted molar refractivity (Wildman–Crippen MR) is 138 cm³/mol. The standard InChI is InChI=1S/C27H41N5O3/c1-5-15-32-17-24(23(13-14-28)19(2)26(32)33)27(34)31(3)22-8-6-7-20(10-12-22)9-11-21-16-25(35-4)30-18-29-21/h5,16-18,20,22,27,34H,1,6-15,28H2,2-4H3. The third kappa shape index (κ3) is 6.78. The Kier molecular flexibility index (Phi) is 10.0. The second-order valence-corrected chi connectivity index (χ2v) is 9.63. The lowest BCUT2D eigenvalue weighted by Gasteiger charge is -2.33. The summed E-state index contributed by atoms with van der Waals surface area (Å²) in [6.45, 7) is 6.43. The molecule has 3 N–H and O–H groups in total. The molecule has 35 heavy (non-hydrogen) atoms. The van der Waals surface area contributed by atoms with E-state index in [-0.39, 0.29) is 11.6 Å². The Balaban J connectivity index is 1.68. The van der Waals surface area contributed by atoms with E-state index in [4.69, 9.17) is 10.5 Å². The van der Waals surface area contributed by atoms with Crippen LogP contribution in [0.25, 0.3) is 0 Å². The minimum absolute atomic E-state index is 0.0504. The lowest BCUT2D eigenvalue weighted by atomic mass is 9.94. The van der Waals surface area contributed by atoms with Crippen LogP contribution in [0.15, 0.2) is 36.0 Å². The topological polar surface area (TPSA) is 106 Å². The molecule has 0 spiro atoms. The average Bonchev–Trinajstić information content (AvgIpc) is 3.12. The third-order valence-electron chi connectivity index (χ3n) is 7.41. The number of aliphatic hydroxyl groups is 1. The number of pyridine rings is 1. The number of nitrogens with two attached hydrogens (primary N) is 1. The number of aliphatic hydroxyl groups excluding tert-OH is 1. The van der Waals surface area contributed by atoms with Crippen LogP contribution in [-0.2, 0) is 19.4 Å². The molecule has 1 aliphatic rings. The van der Waals surface area contributed by atoms with Crippen LogP contribution in [-0.4, -0.2) is 51.3 Å². The van der Waals surface area contributed by atoms with Gasteiger partial charge in [0.1, 0.15) is 12.6 Å². The molecule has 2 aromatic rings. The number of hydrogen-bond donors (Lipinski definition) is 2. The molecule has 0 saturated heterocycles. The smallest absolute Gasteiger partial charge is 0.254 e. The zero-order valence-electron chi connectivity index (χ0n) is 21.4. The van der Waals surface area contributed by atoms with Gasteiger partial charge in [-0.25, -0.2) is 9.97 Å². The van der Waals surface area contributed by atoms with Crippen molar-refractivity contribution in [1.29, 1.82) is 0 Å². The molecule has 1 saturated carbocycles. The maximum Gasteiger partial charge on any atom is 0.254 e. The van der Waals surface area contributed by atoms with Crippen molar-refractivity contribution in [2.45, 2.75) is 77.1 Å². The summed E-state index contributed by atoms with van der Waals surface area (Å²) < 4.78 is 6.84. The van der Waals surface area contributed by atoms with Gasteiger partial charge < -0.3 is 20.1 Å². The fourth-order valence-electron chi connectivity index (χ4n) is 5.29. The van der Waals surface area contributed by atoms with Crippen molar-refractivity contribution in [2.75, 3.05) is 20.7 Å². The normalized spacial score (nSPS) is 19.4. The monoisotopic (exact) mass is 483 g/mol. The first-order valence-electron chi connectivity index (χ1n) is 12.7. The quantitative estimate of drug-likeness (QED) is 0.287. The fraction of sp³-hybridized carbons (Fsp3) is 0.593. The summed E-state index contributed by atoms with van der Waals surface area (Å²) in [5.41, 5.74) is 9.11. The van der Waals surface area contributed by atoms with E-state index in [9.17, 15) is 9.90 Å². The first kappa shape index (κ1) is 27.0. The van der Waals surface area contributed by atoms with E-state index in [0.717, 1.165) is 55.3 Å². The lowest BCUT2D eigenvalue weighted by Crippen LogP contribution is -2.37. The summed E-state index contributed by atoms with van der Waals surface area (Å²) in [5.74, 6) is 1.24. The van der Waals surface area contributed by atoms with Crippen molar-refractivity contribution in [3.63, 3.8) is 0 Å². The number of ether oxygens (including phenoxy) is 1. The van der Waals surface area contributed by atoms with Crippen molar-refractivity contribution in [1.82, 2.24) is 19.4 Å². The van der Waals surface area contributed by atoms with E-state index in [1.165, 1.54) is 6.42 Å². The van der Waals surface area contributed by atoms with Gasteiger partial charge in [-0.15, -0.1) is 6.58 Å². The molecule has 2 aromatic heterocycles. The van der Waals surface area contributed by atoms with Gasteiger partial charge in [-0.3, -0.25) is 9.69 Å². The summed E-state index contributed by atoms with van der Waals surface area (Å²) in [6, 6.07) is 2.19. The van der Waals surface area contributed by atoms with E-state index in [1.807, 2.05) is 20.0 Å². The van der Waals surface area contributed by atoms with Crippen molar-refractivity contribution in [2.24, 2.45) is 11.7 Å². The molecule has 0 radical (unpaired) electrons. The lowest BCUT2D eigenvalue weighted by molar-refractivity contribution is -0.0135. The Morgan fingerprint density at radius 1 is 1.31 bits per heavy atom. The van der Waals surface area contributed by atoms with Crippen LogP contribution < -0.4 is 16.0 Å².